The molecule has 0 spiro atoms. The highest BCUT2D eigenvalue weighted by atomic mass is 32.2. The molecule has 0 aliphatic heterocycles. The topological polar surface area (TPSA) is 113 Å². The van der Waals surface area contributed by atoms with Gasteiger partial charge in [0, 0.05) is 18.7 Å². The van der Waals surface area contributed by atoms with Crippen molar-refractivity contribution in [3.8, 4) is 0 Å². The van der Waals surface area contributed by atoms with Gasteiger partial charge in [0.05, 0.1) is 6.42 Å². The quantitative estimate of drug-likeness (QED) is 0.575. The minimum atomic E-state index is -3.59. The summed E-state index contributed by atoms with van der Waals surface area (Å²) in [6.07, 6.45) is 0.537. The number of carbonyl (C=O) groups excluding carboxylic acids is 1. The lowest BCUT2D eigenvalue weighted by atomic mass is 10.1. The van der Waals surface area contributed by atoms with Crippen molar-refractivity contribution in [3.05, 3.63) is 47.3 Å². The Kier molecular flexibility index (Phi) is 6.54. The predicted octanol–water partition coefficient (Wildman–Crippen LogP) is 2.07. The molecule has 1 aromatic heterocycles. The number of thiophene rings is 1. The molecular weight excluding hydrogens is 364 g/mol. The van der Waals surface area contributed by atoms with Gasteiger partial charge < -0.3 is 10.4 Å². The summed E-state index contributed by atoms with van der Waals surface area (Å²) in [5.74, 6) is -1.10. The fourth-order valence-corrected chi connectivity index (χ4v) is 4.08. The van der Waals surface area contributed by atoms with Gasteiger partial charge in [-0.05, 0) is 35.6 Å². The summed E-state index contributed by atoms with van der Waals surface area (Å²) in [7, 11) is -3.59. The van der Waals surface area contributed by atoms with E-state index < -0.39 is 16.0 Å². The number of hydrogen-bond donors (Lipinski definition) is 3. The Morgan fingerprint density at radius 1 is 1.12 bits per heavy atom. The highest BCUT2D eigenvalue weighted by Crippen LogP contribution is 2.20. The lowest BCUT2D eigenvalue weighted by Crippen LogP contribution is -2.26. The van der Waals surface area contributed by atoms with Crippen LogP contribution in [-0.4, -0.2) is 31.9 Å². The maximum Gasteiger partial charge on any atom is 0.303 e. The number of carbonyl (C=O) groups is 2. The van der Waals surface area contributed by atoms with Gasteiger partial charge in [-0.25, -0.2) is 8.42 Å². The maximum atomic E-state index is 12.1. The van der Waals surface area contributed by atoms with Crippen molar-refractivity contribution in [2.24, 2.45) is 0 Å². The molecule has 0 radical (unpaired) electrons. The van der Waals surface area contributed by atoms with Crippen LogP contribution in [0.15, 0.2) is 46.0 Å². The van der Waals surface area contributed by atoms with Crippen LogP contribution in [0.3, 0.4) is 0 Å². The van der Waals surface area contributed by atoms with Gasteiger partial charge in [0.15, 0.2) is 0 Å². The summed E-state index contributed by atoms with van der Waals surface area (Å²) < 4.78 is 26.9. The first-order valence-corrected chi connectivity index (χ1v) is 9.87. The minimum Gasteiger partial charge on any atom is -0.481 e. The number of carboxylic acid groups (broad SMARTS) is 1. The number of carboxylic acids is 1. The van der Waals surface area contributed by atoms with Crippen LogP contribution in [0.5, 0.6) is 0 Å². The van der Waals surface area contributed by atoms with Crippen molar-refractivity contribution in [2.75, 3.05) is 11.3 Å². The first-order valence-electron chi connectivity index (χ1n) is 7.50. The summed E-state index contributed by atoms with van der Waals surface area (Å²) in [5, 5.41) is 12.9. The number of nitrogens with one attached hydrogen (secondary N) is 2. The zero-order valence-corrected chi connectivity index (χ0v) is 14.9. The van der Waals surface area contributed by atoms with E-state index in [1.807, 2.05) is 0 Å². The van der Waals surface area contributed by atoms with Crippen molar-refractivity contribution in [1.82, 2.24) is 5.32 Å². The van der Waals surface area contributed by atoms with Crippen LogP contribution in [0.1, 0.15) is 18.4 Å². The van der Waals surface area contributed by atoms with E-state index in [4.69, 9.17) is 5.11 Å². The van der Waals surface area contributed by atoms with Gasteiger partial charge in [0.1, 0.15) is 4.21 Å². The predicted molar refractivity (Wildman–Crippen MR) is 95.2 cm³/mol. The second kappa shape index (κ2) is 8.63. The Balaban J connectivity index is 1.85. The zero-order valence-electron chi connectivity index (χ0n) is 13.3. The number of aliphatic carboxylic acids is 1. The average Bonchev–Trinajstić information content (AvgIpc) is 3.08. The second-order valence-electron chi connectivity index (χ2n) is 5.26. The average molecular weight is 382 g/mol. The molecule has 0 fully saturated rings. The molecule has 9 heteroatoms. The highest BCUT2D eigenvalue weighted by Gasteiger charge is 2.15. The van der Waals surface area contributed by atoms with Crippen molar-refractivity contribution >= 4 is 38.9 Å². The molecule has 2 rings (SSSR count). The fraction of sp³-hybridized carbons (Fsp3) is 0.250. The number of amides is 1. The van der Waals surface area contributed by atoms with Crippen LogP contribution in [0.25, 0.3) is 0 Å². The van der Waals surface area contributed by atoms with E-state index in [-0.39, 0.29) is 23.0 Å². The van der Waals surface area contributed by atoms with Crippen LogP contribution in [0.2, 0.25) is 0 Å². The standard InChI is InChI=1S/C16H18N2O5S2/c19-14(17-9-1-3-15(20)21)11-12-5-7-13(8-6-12)18-25(22,23)16-4-2-10-24-16/h2,4-8,10,18H,1,3,9,11H2,(H,17,19)(H,20,21). The fourth-order valence-electron chi connectivity index (χ4n) is 2.03. The highest BCUT2D eigenvalue weighted by molar-refractivity contribution is 7.94. The number of sulfonamides is 1. The monoisotopic (exact) mass is 382 g/mol. The number of rotatable bonds is 9. The third-order valence-corrected chi connectivity index (χ3v) is 6.00. The summed E-state index contributed by atoms with van der Waals surface area (Å²) in [4.78, 5) is 22.1. The van der Waals surface area contributed by atoms with E-state index in [0.717, 1.165) is 16.9 Å². The van der Waals surface area contributed by atoms with Crippen LogP contribution >= 0.6 is 11.3 Å². The van der Waals surface area contributed by atoms with Gasteiger partial charge >= 0.3 is 5.97 Å². The largest absolute Gasteiger partial charge is 0.481 e. The molecule has 7 nitrogen and oxygen atoms in total. The molecule has 0 bridgehead atoms. The van der Waals surface area contributed by atoms with Crippen molar-refractivity contribution in [3.63, 3.8) is 0 Å². The second-order valence-corrected chi connectivity index (χ2v) is 8.12. The lowest BCUT2D eigenvalue weighted by Gasteiger charge is -2.08. The molecule has 25 heavy (non-hydrogen) atoms. The van der Waals surface area contributed by atoms with Crippen LogP contribution in [-0.2, 0) is 26.0 Å². The Hall–Kier alpha value is -2.39. The Morgan fingerprint density at radius 2 is 1.84 bits per heavy atom. The number of anilines is 1. The molecular formula is C16H18N2O5S2. The van der Waals surface area contributed by atoms with Crippen molar-refractivity contribution in [2.45, 2.75) is 23.5 Å². The third kappa shape index (κ3) is 6.20. The van der Waals surface area contributed by atoms with E-state index in [1.54, 1.807) is 35.7 Å². The molecule has 0 saturated heterocycles. The van der Waals surface area contributed by atoms with E-state index >= 15 is 0 Å². The lowest BCUT2D eigenvalue weighted by molar-refractivity contribution is -0.137. The molecule has 134 valence electrons. The Bertz CT molecular complexity index is 815. The summed E-state index contributed by atoms with van der Waals surface area (Å²) >= 11 is 1.13. The number of hydrogen-bond acceptors (Lipinski definition) is 5. The molecule has 1 amide bonds. The Morgan fingerprint density at radius 3 is 2.44 bits per heavy atom. The smallest absolute Gasteiger partial charge is 0.303 e. The summed E-state index contributed by atoms with van der Waals surface area (Å²) in [6.45, 7) is 0.309. The molecule has 1 heterocycles. The number of benzene rings is 1. The molecule has 0 aliphatic carbocycles. The van der Waals surface area contributed by atoms with E-state index in [1.165, 1.54) is 6.07 Å². The molecule has 0 unspecified atom stereocenters. The normalized spacial score (nSPS) is 11.0. The van der Waals surface area contributed by atoms with Crippen molar-refractivity contribution in [1.29, 1.82) is 0 Å². The molecule has 1 aromatic carbocycles. The minimum absolute atomic E-state index is 0.0133. The SMILES string of the molecule is O=C(O)CCCNC(=O)Cc1ccc(NS(=O)(=O)c2cccs2)cc1. The van der Waals surface area contributed by atoms with Crippen LogP contribution < -0.4 is 10.0 Å². The third-order valence-electron chi connectivity index (χ3n) is 3.22. The molecule has 0 aliphatic rings. The van der Waals surface area contributed by atoms with Crippen LogP contribution in [0.4, 0.5) is 5.69 Å². The van der Waals surface area contributed by atoms with Gasteiger partial charge in [-0.2, -0.15) is 0 Å². The molecule has 0 atom stereocenters. The van der Waals surface area contributed by atoms with Gasteiger partial charge in [0.2, 0.25) is 5.91 Å². The van der Waals surface area contributed by atoms with E-state index in [9.17, 15) is 18.0 Å². The maximum absolute atomic E-state index is 12.1. The molecule has 3 N–H and O–H groups in total. The first-order chi connectivity index (χ1) is 11.9. The van der Waals surface area contributed by atoms with Gasteiger partial charge in [-0.1, -0.05) is 18.2 Å². The van der Waals surface area contributed by atoms with Gasteiger partial charge in [0.25, 0.3) is 10.0 Å². The summed E-state index contributed by atoms with van der Waals surface area (Å²) in [6, 6.07) is 9.72. The van der Waals surface area contributed by atoms with Crippen LogP contribution in [0, 0.1) is 0 Å². The van der Waals surface area contributed by atoms with E-state index in [0.29, 0.717) is 18.7 Å². The summed E-state index contributed by atoms with van der Waals surface area (Å²) in [5.41, 5.74) is 1.15. The first kappa shape index (κ1) is 18.9. The molecule has 2 aromatic rings. The molecule has 0 saturated carbocycles. The van der Waals surface area contributed by atoms with E-state index in [2.05, 4.69) is 10.0 Å². The van der Waals surface area contributed by atoms with Crippen molar-refractivity contribution < 1.29 is 23.1 Å². The van der Waals surface area contributed by atoms with Gasteiger partial charge in [-0.3, -0.25) is 14.3 Å². The zero-order chi connectivity index (χ0) is 18.3. The van der Waals surface area contributed by atoms with Gasteiger partial charge in [-0.15, -0.1) is 11.3 Å². The Labute approximate surface area is 149 Å².